The van der Waals surface area contributed by atoms with Gasteiger partial charge in [0.1, 0.15) is 30.5 Å². The van der Waals surface area contributed by atoms with Crippen molar-refractivity contribution in [3.05, 3.63) is 123 Å². The van der Waals surface area contributed by atoms with Crippen LogP contribution in [0.25, 0.3) is 27.8 Å². The van der Waals surface area contributed by atoms with E-state index in [4.69, 9.17) is 31.0 Å². The second-order valence-electron chi connectivity index (χ2n) is 18.5. The van der Waals surface area contributed by atoms with Crippen LogP contribution in [0.15, 0.2) is 90.2 Å². The van der Waals surface area contributed by atoms with Gasteiger partial charge in [0.15, 0.2) is 5.82 Å². The van der Waals surface area contributed by atoms with Crippen molar-refractivity contribution in [1.82, 2.24) is 39.8 Å². The monoisotopic (exact) mass is 981 g/mol. The minimum atomic E-state index is -0.503. The third-order valence-corrected chi connectivity index (χ3v) is 13.9. The lowest BCUT2D eigenvalue weighted by Crippen LogP contribution is -2.55. The largest absolute Gasteiger partial charge is 0.508 e. The predicted octanol–water partition coefficient (Wildman–Crippen LogP) is 5.82. The van der Waals surface area contributed by atoms with Gasteiger partial charge >= 0.3 is 11.7 Å². The van der Waals surface area contributed by atoms with Crippen LogP contribution in [-0.4, -0.2) is 128 Å². The summed E-state index contributed by atoms with van der Waals surface area (Å²) in [4.78, 5) is 57.0. The standard InChI is InChI=1S/C52H56ClN11O7/c1-5-47(68)63-21-20-62(26-35(63)16-18-54)49-38-17-19-61(43-11-7-9-33-8-6-10-41(53)48(33)43)28-42(38)56-51(57-49)71-29-36-22-37(27-60(36)4)70-30-46(67)55-25-32-12-14-34(15-13-32)64-50(58-59-52(64)69)40-23-39(31(2)3)44(65)24-45(40)66/h5-15,23-24,31,35-37,65-66H,1,16-17,19-22,25-30H2,2-4H3,(H,55,67)(H,59,69)/t35?,36-,37+/m0/s1. The van der Waals surface area contributed by atoms with Crippen LogP contribution in [-0.2, 0) is 33.8 Å². The Kier molecular flexibility index (Phi) is 14.3. The van der Waals surface area contributed by atoms with E-state index in [0.29, 0.717) is 73.9 Å². The van der Waals surface area contributed by atoms with E-state index in [1.807, 2.05) is 39.1 Å². The molecule has 0 bridgehead atoms. The fourth-order valence-electron chi connectivity index (χ4n) is 9.87. The molecule has 0 saturated carbocycles. The molecular weight excluding hydrogens is 926 g/mol. The van der Waals surface area contributed by atoms with Crippen LogP contribution < -0.4 is 25.5 Å². The number of phenolic OH excluding ortho intramolecular Hbond substituents is 2. The van der Waals surface area contributed by atoms with Gasteiger partial charge < -0.3 is 39.7 Å². The Bertz CT molecular complexity index is 3070. The van der Waals surface area contributed by atoms with Crippen molar-refractivity contribution in [2.24, 2.45) is 0 Å². The maximum absolute atomic E-state index is 13.0. The molecule has 2 fully saturated rings. The number of amides is 2. The smallest absolute Gasteiger partial charge is 0.348 e. The average Bonchev–Trinajstić information content (AvgIpc) is 3.94. The van der Waals surface area contributed by atoms with Gasteiger partial charge in [-0.3, -0.25) is 14.5 Å². The molecule has 18 nitrogen and oxygen atoms in total. The van der Waals surface area contributed by atoms with E-state index in [2.05, 4.69) is 61.1 Å². The number of likely N-dealkylation sites (tertiary alicyclic amines) is 1. The van der Waals surface area contributed by atoms with E-state index in [-0.39, 0.29) is 85.4 Å². The second kappa shape index (κ2) is 20.9. The Morgan fingerprint density at radius 3 is 2.56 bits per heavy atom. The average molecular weight is 983 g/mol. The first-order valence-electron chi connectivity index (χ1n) is 23.7. The summed E-state index contributed by atoms with van der Waals surface area (Å²) < 4.78 is 13.9. The first kappa shape index (κ1) is 48.6. The Morgan fingerprint density at radius 1 is 1.01 bits per heavy atom. The summed E-state index contributed by atoms with van der Waals surface area (Å²) in [5.41, 5.74) is 4.54. The van der Waals surface area contributed by atoms with Crippen molar-refractivity contribution >= 4 is 45.7 Å². The summed E-state index contributed by atoms with van der Waals surface area (Å²) >= 11 is 6.78. The van der Waals surface area contributed by atoms with Gasteiger partial charge in [-0.05, 0) is 78.7 Å². The number of ether oxygens (including phenoxy) is 2. The van der Waals surface area contributed by atoms with E-state index in [9.17, 15) is 29.9 Å². The number of piperazine rings is 1. The van der Waals surface area contributed by atoms with Gasteiger partial charge in [-0.1, -0.05) is 68.4 Å². The van der Waals surface area contributed by atoms with Crippen LogP contribution >= 0.6 is 11.6 Å². The molecule has 71 heavy (non-hydrogen) atoms. The molecular formula is C52H56ClN11O7. The molecule has 0 radical (unpaired) electrons. The molecule has 2 saturated heterocycles. The van der Waals surface area contributed by atoms with Crippen molar-refractivity contribution in [2.75, 3.05) is 62.8 Å². The maximum Gasteiger partial charge on any atom is 0.348 e. The van der Waals surface area contributed by atoms with Crippen molar-refractivity contribution < 1.29 is 29.3 Å². The topological polar surface area (TPSA) is 218 Å². The summed E-state index contributed by atoms with van der Waals surface area (Å²) in [7, 11) is 1.99. The van der Waals surface area contributed by atoms with Crippen molar-refractivity contribution in [1.29, 1.82) is 5.26 Å². The van der Waals surface area contributed by atoms with E-state index in [1.165, 1.54) is 16.7 Å². The molecule has 0 spiro atoms. The van der Waals surface area contributed by atoms with E-state index >= 15 is 0 Å². The quantitative estimate of drug-likeness (QED) is 0.0892. The number of H-pyrrole nitrogens is 1. The van der Waals surface area contributed by atoms with Gasteiger partial charge in [0.05, 0.1) is 53.1 Å². The number of nitriles is 1. The first-order valence-corrected chi connectivity index (χ1v) is 24.1. The van der Waals surface area contributed by atoms with Gasteiger partial charge in [0, 0.05) is 68.0 Å². The highest BCUT2D eigenvalue weighted by Gasteiger charge is 2.35. The number of carbonyl (C=O) groups is 2. The number of aromatic nitrogens is 5. The normalized spacial score (nSPS) is 18.1. The van der Waals surface area contributed by atoms with Crippen LogP contribution in [0.2, 0.25) is 5.02 Å². The number of fused-ring (bicyclic) bond motifs is 2. The van der Waals surface area contributed by atoms with Gasteiger partial charge in [-0.25, -0.2) is 14.5 Å². The molecule has 2 aromatic heterocycles. The number of likely N-dealkylation sites (N-methyl/N-ethyl adjacent to an activating group) is 1. The third-order valence-electron chi connectivity index (χ3n) is 13.6. The SMILES string of the molecule is C=CC(=O)N1CCN(c2nc(OC[C@@H]3C[C@@H](OCC(=O)NCc4ccc(-n5c(-c6cc(C(C)C)c(O)cc6O)n[nH]c5=O)cc4)CN3C)nc3c2CCN(c2cccc4cccc(Cl)c24)C3)CC1CC#N. The Hall–Kier alpha value is -7.46. The molecule has 19 heteroatoms. The number of hydrogen-bond donors (Lipinski definition) is 4. The number of phenols is 2. The van der Waals surface area contributed by atoms with Crippen molar-refractivity contribution in [3.8, 4) is 40.7 Å². The van der Waals surface area contributed by atoms with Crippen molar-refractivity contribution in [3.63, 3.8) is 0 Å². The van der Waals surface area contributed by atoms with E-state index in [1.54, 1.807) is 35.2 Å². The molecule has 4 aromatic carbocycles. The third kappa shape index (κ3) is 10.3. The molecule has 5 heterocycles. The minimum absolute atomic E-state index is 0.0393. The summed E-state index contributed by atoms with van der Waals surface area (Å²) in [5, 5.41) is 43.0. The molecule has 3 atom stereocenters. The summed E-state index contributed by atoms with van der Waals surface area (Å²) in [6.07, 6.45) is 2.52. The number of rotatable bonds is 15. The van der Waals surface area contributed by atoms with Gasteiger partial charge in [0.2, 0.25) is 11.8 Å². The molecule has 3 aliphatic rings. The number of anilines is 2. The van der Waals surface area contributed by atoms with Crippen molar-refractivity contribution in [2.45, 2.75) is 70.3 Å². The molecule has 9 rings (SSSR count). The van der Waals surface area contributed by atoms with Crippen LogP contribution in [0.3, 0.4) is 0 Å². The van der Waals surface area contributed by atoms with Crippen LogP contribution in [0.1, 0.15) is 55.0 Å². The highest BCUT2D eigenvalue weighted by atomic mass is 35.5. The lowest BCUT2D eigenvalue weighted by molar-refractivity contribution is -0.129. The number of aromatic hydroxyl groups is 2. The summed E-state index contributed by atoms with van der Waals surface area (Å²) in [5.74, 6) is 0.147. The van der Waals surface area contributed by atoms with Gasteiger partial charge in [-0.2, -0.15) is 20.3 Å². The number of halogens is 1. The van der Waals surface area contributed by atoms with Gasteiger partial charge in [0.25, 0.3) is 0 Å². The first-order chi connectivity index (χ1) is 34.3. The lowest BCUT2D eigenvalue weighted by atomic mass is 9.98. The minimum Gasteiger partial charge on any atom is -0.508 e. The number of nitrogens with zero attached hydrogens (tertiary/aromatic N) is 9. The number of hydrogen-bond acceptors (Lipinski definition) is 14. The zero-order valence-electron chi connectivity index (χ0n) is 39.8. The second-order valence-corrected chi connectivity index (χ2v) is 18.9. The molecule has 4 N–H and O–H groups in total. The Morgan fingerprint density at radius 2 is 1.80 bits per heavy atom. The van der Waals surface area contributed by atoms with Gasteiger partial charge in [-0.15, -0.1) is 0 Å². The zero-order chi connectivity index (χ0) is 49.9. The zero-order valence-corrected chi connectivity index (χ0v) is 40.6. The summed E-state index contributed by atoms with van der Waals surface area (Å²) in [6.45, 7) is 11.0. The predicted molar refractivity (Wildman–Crippen MR) is 269 cm³/mol. The highest BCUT2D eigenvalue weighted by Crippen LogP contribution is 2.39. The van der Waals surface area contributed by atoms with Crippen LogP contribution in [0.5, 0.6) is 17.5 Å². The lowest BCUT2D eigenvalue weighted by Gasteiger charge is -2.42. The molecule has 2 amide bonds. The van der Waals surface area contributed by atoms with E-state index < -0.39 is 5.69 Å². The number of carbonyl (C=O) groups excluding carboxylic acids is 2. The molecule has 6 aromatic rings. The molecule has 1 unspecified atom stereocenters. The Balaban J connectivity index is 0.834. The molecule has 0 aliphatic carbocycles. The fraction of sp³-hybridized carbons (Fsp3) is 0.365. The Labute approximate surface area is 415 Å². The fourth-order valence-corrected chi connectivity index (χ4v) is 10.1. The molecule has 3 aliphatic heterocycles. The number of nitrogens with one attached hydrogen (secondary N) is 2. The van der Waals surface area contributed by atoms with Crippen LogP contribution in [0.4, 0.5) is 11.5 Å². The molecule has 368 valence electrons. The highest BCUT2D eigenvalue weighted by molar-refractivity contribution is 6.36. The summed E-state index contributed by atoms with van der Waals surface area (Å²) in [6, 6.07) is 24.1. The van der Waals surface area contributed by atoms with E-state index in [0.717, 1.165) is 39.1 Å². The maximum atomic E-state index is 13.0. The number of aromatic amines is 1. The van der Waals surface area contributed by atoms with Crippen LogP contribution in [0, 0.1) is 11.3 Å². The number of benzene rings is 4.